The highest BCUT2D eigenvalue weighted by molar-refractivity contribution is 7.85. The molecule has 5 aromatic rings. The zero-order valence-electron chi connectivity index (χ0n) is 23.3. The molecule has 0 radical (unpaired) electrons. The van der Waals surface area contributed by atoms with Gasteiger partial charge in [0.1, 0.15) is 13.2 Å². The summed E-state index contributed by atoms with van der Waals surface area (Å²) in [7, 11) is -4.21. The van der Waals surface area contributed by atoms with Gasteiger partial charge >= 0.3 is 0 Å². The summed E-state index contributed by atoms with van der Waals surface area (Å²) < 4.78 is 45.1. The van der Waals surface area contributed by atoms with Crippen LogP contribution in [-0.2, 0) is 29.8 Å². The number of hydrogen-bond donors (Lipinski definition) is 1. The van der Waals surface area contributed by atoms with Crippen LogP contribution in [0.3, 0.4) is 0 Å². The fraction of sp³-hybridized carbons (Fsp3) is 0.167. The maximum Gasteiger partial charge on any atom is 0.294 e. The summed E-state index contributed by atoms with van der Waals surface area (Å²) >= 11 is 0. The van der Waals surface area contributed by atoms with Crippen LogP contribution in [-0.4, -0.2) is 13.0 Å². The Kier molecular flexibility index (Phi) is 9.70. The van der Waals surface area contributed by atoms with Crippen molar-refractivity contribution in [3.63, 3.8) is 0 Å². The van der Waals surface area contributed by atoms with Crippen LogP contribution in [0.15, 0.2) is 138 Å². The van der Waals surface area contributed by atoms with Crippen LogP contribution in [0.4, 0.5) is 0 Å². The van der Waals surface area contributed by atoms with Gasteiger partial charge in [-0.05, 0) is 59.7 Å². The maximum absolute atomic E-state index is 11.4. The summed E-state index contributed by atoms with van der Waals surface area (Å²) in [4.78, 5) is -0.0964. The Morgan fingerprint density at radius 3 is 1.76 bits per heavy atom. The third kappa shape index (κ3) is 7.87. The van der Waals surface area contributed by atoms with E-state index in [4.69, 9.17) is 9.47 Å². The van der Waals surface area contributed by atoms with Crippen LogP contribution in [0.5, 0.6) is 11.5 Å². The largest absolute Gasteiger partial charge is 0.485 e. The summed E-state index contributed by atoms with van der Waals surface area (Å²) in [6.45, 7) is 0.850. The predicted molar refractivity (Wildman–Crippen MR) is 165 cm³/mol. The first kappa shape index (κ1) is 29.1. The van der Waals surface area contributed by atoms with Crippen molar-refractivity contribution in [2.75, 3.05) is 0 Å². The molecule has 6 heteroatoms. The maximum atomic E-state index is 11.4. The molecule has 5 aromatic carbocycles. The Morgan fingerprint density at radius 2 is 1.17 bits per heavy atom. The number of hydrogen-bond acceptors (Lipinski definition) is 4. The van der Waals surface area contributed by atoms with Gasteiger partial charge in [-0.2, -0.15) is 8.42 Å². The first-order chi connectivity index (χ1) is 20.5. The minimum atomic E-state index is -4.21. The summed E-state index contributed by atoms with van der Waals surface area (Å²) in [5.41, 5.74) is 5.41. The zero-order chi connectivity index (χ0) is 29.2. The molecule has 0 aromatic heterocycles. The molecule has 214 valence electrons. The Bertz CT molecular complexity index is 1650. The van der Waals surface area contributed by atoms with Crippen molar-refractivity contribution in [1.29, 1.82) is 0 Å². The number of aryl methyl sites for hydroxylation is 1. The van der Waals surface area contributed by atoms with Gasteiger partial charge < -0.3 is 9.47 Å². The van der Waals surface area contributed by atoms with E-state index >= 15 is 0 Å². The van der Waals surface area contributed by atoms with E-state index in [1.165, 1.54) is 17.7 Å². The Balaban J connectivity index is 1.43. The molecule has 5 rings (SSSR count). The average molecular weight is 579 g/mol. The van der Waals surface area contributed by atoms with Crippen LogP contribution < -0.4 is 9.47 Å². The highest BCUT2D eigenvalue weighted by atomic mass is 32.2. The van der Waals surface area contributed by atoms with Crippen molar-refractivity contribution < 1.29 is 22.4 Å². The lowest BCUT2D eigenvalue weighted by atomic mass is 9.85. The molecule has 1 N–H and O–H groups in total. The molecule has 0 heterocycles. The number of benzene rings is 5. The van der Waals surface area contributed by atoms with E-state index < -0.39 is 10.1 Å². The van der Waals surface area contributed by atoms with Crippen molar-refractivity contribution in [2.24, 2.45) is 0 Å². The fourth-order valence-corrected chi connectivity index (χ4v) is 5.55. The first-order valence-electron chi connectivity index (χ1n) is 14.0. The molecule has 0 aliphatic carbocycles. The molecule has 1 atom stereocenters. The van der Waals surface area contributed by atoms with Crippen LogP contribution in [0, 0.1) is 0 Å². The molecule has 0 saturated heterocycles. The van der Waals surface area contributed by atoms with Crippen LogP contribution in [0.25, 0.3) is 0 Å². The van der Waals surface area contributed by atoms with Crippen LogP contribution in [0.1, 0.15) is 46.6 Å². The SMILES string of the molecule is O=S(=O)(O)c1ccc(CCCC(c2ccccc2)c2cccc(OCc3ccccc3)c2OCc2ccccc2)cc1. The average Bonchev–Trinajstić information content (AvgIpc) is 3.02. The monoisotopic (exact) mass is 578 g/mol. The highest BCUT2D eigenvalue weighted by Crippen LogP contribution is 2.41. The molecule has 0 aliphatic rings. The molecule has 0 fully saturated rings. The third-order valence-electron chi connectivity index (χ3n) is 7.23. The Morgan fingerprint density at radius 1 is 0.595 bits per heavy atom. The minimum absolute atomic E-state index is 0.0503. The molecule has 0 spiro atoms. The summed E-state index contributed by atoms with van der Waals surface area (Å²) in [6.07, 6.45) is 2.46. The zero-order valence-corrected chi connectivity index (χ0v) is 24.1. The smallest absolute Gasteiger partial charge is 0.294 e. The Hall–Kier alpha value is -4.39. The summed E-state index contributed by atoms with van der Waals surface area (Å²) in [6, 6.07) is 43.1. The molecular formula is C36H34O5S. The van der Waals surface area contributed by atoms with E-state index in [-0.39, 0.29) is 10.8 Å². The fourth-order valence-electron chi connectivity index (χ4n) is 5.07. The molecule has 5 nitrogen and oxygen atoms in total. The van der Waals surface area contributed by atoms with Gasteiger partial charge in [0, 0.05) is 11.5 Å². The van der Waals surface area contributed by atoms with Crippen molar-refractivity contribution in [3.8, 4) is 11.5 Å². The molecule has 0 bridgehead atoms. The molecule has 42 heavy (non-hydrogen) atoms. The lowest BCUT2D eigenvalue weighted by Crippen LogP contribution is -2.08. The first-order valence-corrected chi connectivity index (χ1v) is 15.5. The second-order valence-electron chi connectivity index (χ2n) is 10.2. The van der Waals surface area contributed by atoms with Crippen molar-refractivity contribution >= 4 is 10.1 Å². The quantitative estimate of drug-likeness (QED) is 0.142. The topological polar surface area (TPSA) is 72.8 Å². The number of ether oxygens (including phenoxy) is 2. The van der Waals surface area contributed by atoms with Gasteiger partial charge in [-0.1, -0.05) is 115 Å². The van der Waals surface area contributed by atoms with Gasteiger partial charge in [-0.3, -0.25) is 4.55 Å². The highest BCUT2D eigenvalue weighted by Gasteiger charge is 2.22. The molecule has 0 aliphatic heterocycles. The lowest BCUT2D eigenvalue weighted by Gasteiger charge is -2.23. The van der Waals surface area contributed by atoms with E-state index in [9.17, 15) is 13.0 Å². The van der Waals surface area contributed by atoms with Crippen molar-refractivity contribution in [1.82, 2.24) is 0 Å². The molecular weight excluding hydrogens is 544 g/mol. The summed E-state index contributed by atoms with van der Waals surface area (Å²) in [5.74, 6) is 1.49. The van der Waals surface area contributed by atoms with Crippen molar-refractivity contribution in [3.05, 3.63) is 161 Å². The number of rotatable bonds is 13. The van der Waals surface area contributed by atoms with Crippen LogP contribution in [0.2, 0.25) is 0 Å². The van der Waals surface area contributed by atoms with E-state index in [0.29, 0.717) is 19.0 Å². The van der Waals surface area contributed by atoms with Crippen molar-refractivity contribution in [2.45, 2.75) is 43.3 Å². The van der Waals surface area contributed by atoms with Gasteiger partial charge in [0.2, 0.25) is 0 Å². The van der Waals surface area contributed by atoms with E-state index in [1.807, 2.05) is 66.7 Å². The third-order valence-corrected chi connectivity index (χ3v) is 8.10. The lowest BCUT2D eigenvalue weighted by molar-refractivity contribution is 0.253. The molecule has 1 unspecified atom stereocenters. The van der Waals surface area contributed by atoms with Gasteiger partial charge in [-0.15, -0.1) is 0 Å². The van der Waals surface area contributed by atoms with Crippen LogP contribution >= 0.6 is 0 Å². The predicted octanol–water partition coefficient (Wildman–Crippen LogP) is 8.25. The standard InChI is InChI=1S/C36H34O5S/c37-42(38,39)32-24-22-28(23-25-32)16-10-19-33(31-17-8-3-9-18-31)34-20-11-21-35(40-26-29-12-4-1-5-13-29)36(34)41-27-30-14-6-2-7-15-30/h1-9,11-15,17-18,20-25,33H,10,16,19,26-27H2,(H,37,38,39). The molecule has 0 amide bonds. The second-order valence-corrected chi connectivity index (χ2v) is 11.6. The minimum Gasteiger partial charge on any atom is -0.485 e. The van der Waals surface area contributed by atoms with E-state index in [2.05, 4.69) is 42.5 Å². The number of para-hydroxylation sites is 1. The van der Waals surface area contributed by atoms with Gasteiger partial charge in [0.25, 0.3) is 10.1 Å². The Labute approximate surface area is 248 Å². The summed E-state index contributed by atoms with van der Waals surface area (Å²) in [5, 5.41) is 0. The molecule has 0 saturated carbocycles. The van der Waals surface area contributed by atoms with E-state index in [1.54, 1.807) is 12.1 Å². The van der Waals surface area contributed by atoms with Gasteiger partial charge in [-0.25, -0.2) is 0 Å². The normalized spacial score (nSPS) is 12.0. The second kappa shape index (κ2) is 14.0. The van der Waals surface area contributed by atoms with Gasteiger partial charge in [0.05, 0.1) is 4.90 Å². The van der Waals surface area contributed by atoms with Gasteiger partial charge in [0.15, 0.2) is 11.5 Å². The van der Waals surface area contributed by atoms with E-state index in [0.717, 1.165) is 47.3 Å².